The van der Waals surface area contributed by atoms with Crippen LogP contribution in [0.4, 0.5) is 0 Å². The van der Waals surface area contributed by atoms with Gasteiger partial charge in [0, 0.05) is 18.5 Å². The van der Waals surface area contributed by atoms with Crippen LogP contribution in [0.25, 0.3) is 0 Å². The number of rotatable bonds is 3. The van der Waals surface area contributed by atoms with Gasteiger partial charge in [0.15, 0.2) is 0 Å². The number of hydrogen-bond donors (Lipinski definition) is 0. The first-order chi connectivity index (χ1) is 6.88. The Kier molecular flexibility index (Phi) is 2.49. The van der Waals surface area contributed by atoms with Crippen molar-refractivity contribution in [3.8, 4) is 5.88 Å². The third-order valence-electron chi connectivity index (χ3n) is 2.00. The molecule has 0 fully saturated rings. The fourth-order valence-electron chi connectivity index (χ4n) is 1.32. The van der Waals surface area contributed by atoms with Crippen LogP contribution < -0.4 is 4.74 Å². The monoisotopic (exact) mass is 188 g/mol. The number of ether oxygens (including phenoxy) is 1. The summed E-state index contributed by atoms with van der Waals surface area (Å²) in [6.07, 6.45) is 4.03. The smallest absolute Gasteiger partial charge is 0.213 e. The van der Waals surface area contributed by atoms with Crippen molar-refractivity contribution in [3.05, 3.63) is 48.4 Å². The van der Waals surface area contributed by atoms with Gasteiger partial charge in [0.2, 0.25) is 5.88 Å². The van der Waals surface area contributed by atoms with Gasteiger partial charge in [-0.2, -0.15) is 0 Å². The van der Waals surface area contributed by atoms with Crippen molar-refractivity contribution in [2.24, 2.45) is 0 Å². The lowest BCUT2D eigenvalue weighted by Gasteiger charge is -2.04. The number of hydrogen-bond acceptors (Lipinski definition) is 2. The largest absolute Gasteiger partial charge is 0.481 e. The average Bonchev–Trinajstić information content (AvgIpc) is 2.71. The van der Waals surface area contributed by atoms with Gasteiger partial charge in [-0.3, -0.25) is 0 Å². The normalized spacial score (nSPS) is 10.1. The van der Waals surface area contributed by atoms with Crippen molar-refractivity contribution in [1.82, 2.24) is 9.55 Å². The summed E-state index contributed by atoms with van der Waals surface area (Å²) in [5.74, 6) is 0.662. The summed E-state index contributed by atoms with van der Waals surface area (Å²) in [4.78, 5) is 4.32. The predicted octanol–water partition coefficient (Wildman–Crippen LogP) is 1.94. The molecule has 72 valence electrons. The molecule has 0 radical (unpaired) electrons. The van der Waals surface area contributed by atoms with E-state index in [0.717, 1.165) is 12.2 Å². The van der Waals surface area contributed by atoms with Gasteiger partial charge in [0.25, 0.3) is 0 Å². The maximum Gasteiger partial charge on any atom is 0.213 e. The molecule has 2 aromatic rings. The third kappa shape index (κ3) is 1.93. The number of methoxy groups -OCH3 is 1. The number of aromatic nitrogens is 2. The lowest BCUT2D eigenvalue weighted by Crippen LogP contribution is -1.99. The van der Waals surface area contributed by atoms with Crippen LogP contribution in [-0.4, -0.2) is 16.7 Å². The maximum atomic E-state index is 5.05. The van der Waals surface area contributed by atoms with Gasteiger partial charge in [-0.05, 0) is 18.2 Å². The molecule has 0 amide bonds. The van der Waals surface area contributed by atoms with Crippen molar-refractivity contribution in [2.45, 2.75) is 6.54 Å². The van der Waals surface area contributed by atoms with E-state index in [-0.39, 0.29) is 0 Å². The van der Waals surface area contributed by atoms with Crippen LogP contribution >= 0.6 is 0 Å². The molecule has 0 aromatic carbocycles. The fraction of sp³-hybridized carbons (Fsp3) is 0.182. The van der Waals surface area contributed by atoms with Gasteiger partial charge in [-0.25, -0.2) is 4.98 Å². The minimum atomic E-state index is 0.662. The minimum Gasteiger partial charge on any atom is -0.481 e. The van der Waals surface area contributed by atoms with E-state index in [1.54, 1.807) is 7.11 Å². The van der Waals surface area contributed by atoms with Gasteiger partial charge in [-0.15, -0.1) is 0 Å². The summed E-state index contributed by atoms with van der Waals surface area (Å²) in [5.41, 5.74) is 1.00. The summed E-state index contributed by atoms with van der Waals surface area (Å²) in [6, 6.07) is 9.78. The highest BCUT2D eigenvalue weighted by atomic mass is 16.5. The highest BCUT2D eigenvalue weighted by Crippen LogP contribution is 2.07. The molecule has 0 saturated carbocycles. The van der Waals surface area contributed by atoms with E-state index in [2.05, 4.69) is 9.55 Å². The summed E-state index contributed by atoms with van der Waals surface area (Å²) in [7, 11) is 1.63. The molecule has 0 saturated heterocycles. The Morgan fingerprint density at radius 1 is 1.21 bits per heavy atom. The van der Waals surface area contributed by atoms with Crippen LogP contribution in [0.2, 0.25) is 0 Å². The second kappa shape index (κ2) is 3.96. The van der Waals surface area contributed by atoms with Crippen molar-refractivity contribution >= 4 is 0 Å². The Bertz CT molecular complexity index is 395. The molecule has 14 heavy (non-hydrogen) atoms. The molecular formula is C11H12N2O. The molecule has 3 heteroatoms. The molecule has 0 atom stereocenters. The quantitative estimate of drug-likeness (QED) is 0.736. The zero-order valence-electron chi connectivity index (χ0n) is 8.05. The van der Waals surface area contributed by atoms with E-state index in [1.807, 2.05) is 42.7 Å². The SMILES string of the molecule is COc1cccc(Cn2cccc2)n1. The Labute approximate surface area is 83.0 Å². The standard InChI is InChI=1S/C11H12N2O/c1-14-11-6-4-5-10(12-11)9-13-7-2-3-8-13/h2-8H,9H2,1H3. The molecule has 0 N–H and O–H groups in total. The van der Waals surface area contributed by atoms with Crippen LogP contribution in [0, 0.1) is 0 Å². The van der Waals surface area contributed by atoms with E-state index in [0.29, 0.717) is 5.88 Å². The first-order valence-electron chi connectivity index (χ1n) is 4.49. The van der Waals surface area contributed by atoms with Crippen molar-refractivity contribution in [1.29, 1.82) is 0 Å². The second-order valence-corrected chi connectivity index (χ2v) is 3.03. The number of nitrogens with zero attached hydrogens (tertiary/aromatic N) is 2. The average molecular weight is 188 g/mol. The molecule has 2 heterocycles. The highest BCUT2D eigenvalue weighted by molar-refractivity contribution is 5.16. The molecule has 3 nitrogen and oxygen atoms in total. The lowest BCUT2D eigenvalue weighted by atomic mass is 10.3. The number of pyridine rings is 1. The predicted molar refractivity (Wildman–Crippen MR) is 54.3 cm³/mol. The topological polar surface area (TPSA) is 27.1 Å². The summed E-state index contributed by atoms with van der Waals surface area (Å²) in [6.45, 7) is 0.782. The Morgan fingerprint density at radius 2 is 2.00 bits per heavy atom. The van der Waals surface area contributed by atoms with Crippen molar-refractivity contribution in [3.63, 3.8) is 0 Å². The van der Waals surface area contributed by atoms with Crippen LogP contribution in [0.3, 0.4) is 0 Å². The zero-order chi connectivity index (χ0) is 9.80. The van der Waals surface area contributed by atoms with Gasteiger partial charge >= 0.3 is 0 Å². The van der Waals surface area contributed by atoms with Crippen molar-refractivity contribution < 1.29 is 4.74 Å². The molecule has 0 aliphatic rings. The molecule has 0 spiro atoms. The van der Waals surface area contributed by atoms with Crippen molar-refractivity contribution in [2.75, 3.05) is 7.11 Å². The van der Waals surface area contributed by atoms with E-state index >= 15 is 0 Å². The minimum absolute atomic E-state index is 0.662. The molecule has 0 aliphatic carbocycles. The summed E-state index contributed by atoms with van der Waals surface area (Å²) in [5, 5.41) is 0. The molecular weight excluding hydrogens is 176 g/mol. The lowest BCUT2D eigenvalue weighted by molar-refractivity contribution is 0.396. The van der Waals surface area contributed by atoms with Crippen LogP contribution in [0.5, 0.6) is 5.88 Å². The van der Waals surface area contributed by atoms with Gasteiger partial charge in [0.1, 0.15) is 0 Å². The Hall–Kier alpha value is -1.77. The van der Waals surface area contributed by atoms with Gasteiger partial charge < -0.3 is 9.30 Å². The van der Waals surface area contributed by atoms with Gasteiger partial charge in [-0.1, -0.05) is 6.07 Å². The highest BCUT2D eigenvalue weighted by Gasteiger charge is 1.97. The Balaban J connectivity index is 2.17. The molecule has 2 rings (SSSR count). The maximum absolute atomic E-state index is 5.05. The van der Waals surface area contributed by atoms with E-state index in [4.69, 9.17) is 4.74 Å². The molecule has 0 bridgehead atoms. The second-order valence-electron chi connectivity index (χ2n) is 3.03. The van der Waals surface area contributed by atoms with Crippen LogP contribution in [0.1, 0.15) is 5.69 Å². The molecule has 0 unspecified atom stereocenters. The van der Waals surface area contributed by atoms with E-state index in [1.165, 1.54) is 0 Å². The van der Waals surface area contributed by atoms with E-state index < -0.39 is 0 Å². The van der Waals surface area contributed by atoms with E-state index in [9.17, 15) is 0 Å². The summed E-state index contributed by atoms with van der Waals surface area (Å²) >= 11 is 0. The first kappa shape index (κ1) is 8.81. The first-order valence-corrected chi connectivity index (χ1v) is 4.49. The van der Waals surface area contributed by atoms with Gasteiger partial charge in [0.05, 0.1) is 19.3 Å². The molecule has 0 aliphatic heterocycles. The zero-order valence-corrected chi connectivity index (χ0v) is 8.05. The fourth-order valence-corrected chi connectivity index (χ4v) is 1.32. The summed E-state index contributed by atoms with van der Waals surface area (Å²) < 4.78 is 7.12. The molecule has 2 aromatic heterocycles. The third-order valence-corrected chi connectivity index (χ3v) is 2.00. The van der Waals surface area contributed by atoms with Crippen LogP contribution in [-0.2, 0) is 6.54 Å². The Morgan fingerprint density at radius 3 is 2.71 bits per heavy atom. The van der Waals surface area contributed by atoms with Crippen LogP contribution in [0.15, 0.2) is 42.7 Å².